The van der Waals surface area contributed by atoms with Crippen LogP contribution in [0.15, 0.2) is 24.3 Å². The second-order valence-corrected chi connectivity index (χ2v) is 13.9. The van der Waals surface area contributed by atoms with E-state index in [1.807, 2.05) is 0 Å². The maximum atomic E-state index is 6.04. The molecule has 162 valence electrons. The normalized spacial score (nSPS) is 13.4. The van der Waals surface area contributed by atoms with Gasteiger partial charge in [-0.2, -0.15) is 0 Å². The summed E-state index contributed by atoms with van der Waals surface area (Å²) in [5.74, 6) is 0. The van der Waals surface area contributed by atoms with Gasteiger partial charge in [-0.1, -0.05) is 52.0 Å². The van der Waals surface area contributed by atoms with Crippen LogP contribution in [0, 0.1) is 0 Å². The molecule has 8 heteroatoms. The Bertz CT molecular complexity index is 496. The molecule has 1 aromatic rings. The Morgan fingerprint density at radius 3 is 1.57 bits per heavy atom. The molecule has 0 fully saturated rings. The number of hydrogen-bond donors (Lipinski definition) is 0. The first-order valence-corrected chi connectivity index (χ1v) is 12.2. The average Bonchev–Trinajstić information content (AvgIpc) is 2.62. The highest BCUT2D eigenvalue weighted by atomic mass is 28.2. The Labute approximate surface area is 175 Å². The van der Waals surface area contributed by atoms with Crippen molar-refractivity contribution in [1.29, 1.82) is 0 Å². The van der Waals surface area contributed by atoms with Gasteiger partial charge in [0.05, 0.1) is 26.4 Å². The summed E-state index contributed by atoms with van der Waals surface area (Å²) < 4.78 is 32.9. The number of ether oxygens (including phenoxy) is 4. The van der Waals surface area contributed by atoms with E-state index in [4.69, 9.17) is 27.8 Å². The highest BCUT2D eigenvalue weighted by Gasteiger charge is 2.20. The van der Waals surface area contributed by atoms with E-state index in [0.29, 0.717) is 40.0 Å². The van der Waals surface area contributed by atoms with Crippen molar-refractivity contribution in [2.24, 2.45) is 0 Å². The molecule has 0 unspecified atom stereocenters. The first kappa shape index (κ1) is 25.5. The molecule has 1 aromatic carbocycles. The third-order valence-corrected chi connectivity index (χ3v) is 6.69. The zero-order valence-corrected chi connectivity index (χ0v) is 21.2. The van der Waals surface area contributed by atoms with Crippen molar-refractivity contribution >= 4 is 19.5 Å². The van der Waals surface area contributed by atoms with E-state index >= 15 is 0 Å². The molecule has 28 heavy (non-hydrogen) atoms. The fourth-order valence-electron chi connectivity index (χ4n) is 2.59. The summed E-state index contributed by atoms with van der Waals surface area (Å²) in [6.45, 7) is 12.0. The number of hydrogen-bond acceptors (Lipinski definition) is 6. The zero-order valence-electron chi connectivity index (χ0n) is 18.4. The van der Waals surface area contributed by atoms with Crippen LogP contribution in [0.1, 0.15) is 38.8 Å². The summed E-state index contributed by atoms with van der Waals surface area (Å²) in [6, 6.07) is 8.45. The van der Waals surface area contributed by atoms with Crippen LogP contribution in [0.5, 0.6) is 0 Å². The van der Waals surface area contributed by atoms with E-state index in [1.54, 1.807) is 14.2 Å². The van der Waals surface area contributed by atoms with Crippen molar-refractivity contribution in [2.45, 2.75) is 51.0 Å². The lowest BCUT2D eigenvalue weighted by atomic mass is 10.1. The van der Waals surface area contributed by atoms with Crippen LogP contribution in [0.2, 0.25) is 10.1 Å². The Morgan fingerprint density at radius 2 is 1.18 bits per heavy atom. The van der Waals surface area contributed by atoms with Crippen LogP contribution in [-0.4, -0.2) is 60.5 Å². The van der Waals surface area contributed by atoms with E-state index in [9.17, 15) is 0 Å². The minimum absolute atomic E-state index is 0.0846. The van der Waals surface area contributed by atoms with Gasteiger partial charge >= 0.3 is 0 Å². The van der Waals surface area contributed by atoms with Crippen LogP contribution in [0.3, 0.4) is 0 Å². The van der Waals surface area contributed by atoms with Gasteiger partial charge in [-0.15, -0.1) is 0 Å². The molecule has 0 aliphatic rings. The first-order chi connectivity index (χ1) is 13.3. The highest BCUT2D eigenvalue weighted by molar-refractivity contribution is 6.32. The maximum absolute atomic E-state index is 6.04. The van der Waals surface area contributed by atoms with Gasteiger partial charge in [0.25, 0.3) is 0 Å². The molecule has 0 aliphatic carbocycles. The Morgan fingerprint density at radius 1 is 0.750 bits per heavy atom. The smallest absolute Gasteiger partial charge is 0.169 e. The second-order valence-electron chi connectivity index (χ2n) is 8.64. The second kappa shape index (κ2) is 13.6. The van der Waals surface area contributed by atoms with Gasteiger partial charge in [0.2, 0.25) is 0 Å². The highest BCUT2D eigenvalue weighted by Crippen LogP contribution is 2.24. The molecule has 0 aliphatic heterocycles. The summed E-state index contributed by atoms with van der Waals surface area (Å²) in [4.78, 5) is 0. The average molecular weight is 431 g/mol. The molecule has 0 N–H and O–H groups in total. The molecule has 0 spiro atoms. The lowest BCUT2D eigenvalue weighted by molar-refractivity contribution is -0.0390. The summed E-state index contributed by atoms with van der Waals surface area (Å²) in [5, 5.41) is 0.169. The van der Waals surface area contributed by atoms with Crippen LogP contribution in [-0.2, 0) is 41.0 Å². The number of methoxy groups -OCH3 is 2. The van der Waals surface area contributed by atoms with Crippen LogP contribution >= 0.6 is 0 Å². The molecule has 0 amide bonds. The number of rotatable bonds is 16. The van der Waals surface area contributed by atoms with Gasteiger partial charge < -0.3 is 27.8 Å². The molecule has 6 nitrogen and oxygen atoms in total. The molecule has 0 saturated heterocycles. The van der Waals surface area contributed by atoms with Gasteiger partial charge in [0.15, 0.2) is 19.5 Å². The third-order valence-electron chi connectivity index (χ3n) is 3.90. The van der Waals surface area contributed by atoms with Crippen LogP contribution in [0.4, 0.5) is 0 Å². The Balaban J connectivity index is 2.35. The zero-order chi connectivity index (χ0) is 20.9. The molecule has 1 rings (SSSR count). The maximum Gasteiger partial charge on any atom is 0.169 e. The van der Waals surface area contributed by atoms with Crippen LogP contribution in [0.25, 0.3) is 0 Å². The number of benzene rings is 1. The largest absolute Gasteiger partial charge is 0.419 e. The van der Waals surface area contributed by atoms with Gasteiger partial charge in [-0.25, -0.2) is 0 Å². The molecule has 0 bridgehead atoms. The van der Waals surface area contributed by atoms with Gasteiger partial charge in [-0.05, 0) is 11.1 Å². The molecule has 0 radical (unpaired) electrons. The fourth-order valence-corrected chi connectivity index (χ4v) is 4.82. The van der Waals surface area contributed by atoms with Crippen molar-refractivity contribution in [2.75, 3.05) is 41.0 Å². The van der Waals surface area contributed by atoms with Crippen molar-refractivity contribution in [3.05, 3.63) is 35.4 Å². The van der Waals surface area contributed by atoms with Crippen LogP contribution < -0.4 is 0 Å². The summed E-state index contributed by atoms with van der Waals surface area (Å²) in [5.41, 5.74) is 2.37. The van der Waals surface area contributed by atoms with E-state index in [0.717, 1.165) is 0 Å². The standard InChI is InChI=1S/C20H38O6Si2/c1-19(2,13-23-15-21-5)27-25-11-17-8-7-9-18(10-17)12-26-28-20(3,4)14-24-16-22-6/h7-10H,11-16,27-28H2,1-6H3. The van der Waals surface area contributed by atoms with E-state index < -0.39 is 19.5 Å². The predicted molar refractivity (Wildman–Crippen MR) is 117 cm³/mol. The van der Waals surface area contributed by atoms with Crippen molar-refractivity contribution in [3.8, 4) is 0 Å². The molecule has 0 saturated carbocycles. The van der Waals surface area contributed by atoms with E-state index in [-0.39, 0.29) is 10.1 Å². The minimum Gasteiger partial charge on any atom is -0.419 e. The lowest BCUT2D eigenvalue weighted by Crippen LogP contribution is -2.23. The van der Waals surface area contributed by atoms with Crippen molar-refractivity contribution in [1.82, 2.24) is 0 Å². The molecule has 0 atom stereocenters. The van der Waals surface area contributed by atoms with Crippen molar-refractivity contribution in [3.63, 3.8) is 0 Å². The minimum atomic E-state index is -0.719. The summed E-state index contributed by atoms with van der Waals surface area (Å²) in [7, 11) is 1.83. The third kappa shape index (κ3) is 12.1. The van der Waals surface area contributed by atoms with Gasteiger partial charge in [0.1, 0.15) is 13.6 Å². The molecular formula is C20H38O6Si2. The SMILES string of the molecule is COCOCC(C)(C)[SiH2]OCc1cccc(CO[SiH2]C(C)(C)COCOC)c1. The van der Waals surface area contributed by atoms with Gasteiger partial charge in [-0.3, -0.25) is 0 Å². The Kier molecular flexibility index (Phi) is 12.4. The Hall–Kier alpha value is -0.586. The topological polar surface area (TPSA) is 55.4 Å². The molecule has 0 aromatic heterocycles. The summed E-state index contributed by atoms with van der Waals surface area (Å²) in [6.07, 6.45) is 0. The summed E-state index contributed by atoms with van der Waals surface area (Å²) >= 11 is 0. The first-order valence-electron chi connectivity index (χ1n) is 9.65. The molecule has 0 heterocycles. The fraction of sp³-hybridized carbons (Fsp3) is 0.700. The monoisotopic (exact) mass is 430 g/mol. The van der Waals surface area contributed by atoms with Crippen molar-refractivity contribution < 1.29 is 27.8 Å². The van der Waals surface area contributed by atoms with Gasteiger partial charge in [0, 0.05) is 24.3 Å². The van der Waals surface area contributed by atoms with E-state index in [1.165, 1.54) is 11.1 Å². The quantitative estimate of drug-likeness (QED) is 0.228. The molecular weight excluding hydrogens is 392 g/mol. The predicted octanol–water partition coefficient (Wildman–Crippen LogP) is 2.53. The lowest BCUT2D eigenvalue weighted by Gasteiger charge is -2.23. The van der Waals surface area contributed by atoms with E-state index in [2.05, 4.69) is 52.0 Å².